The molecule has 1 aromatic rings. The van der Waals surface area contributed by atoms with Crippen molar-refractivity contribution < 1.29 is 17.6 Å². The average Bonchev–Trinajstić information content (AvgIpc) is 2.40. The molecule has 5 nitrogen and oxygen atoms in total. The summed E-state index contributed by atoms with van der Waals surface area (Å²) in [6.07, 6.45) is -0.0541. The van der Waals surface area contributed by atoms with Crippen LogP contribution in [0.3, 0.4) is 0 Å². The number of amides is 1. The van der Waals surface area contributed by atoms with Crippen molar-refractivity contribution in [3.05, 3.63) is 29.6 Å². The topological polar surface area (TPSA) is 78.2 Å². The highest BCUT2D eigenvalue weighted by molar-refractivity contribution is 7.93. The van der Waals surface area contributed by atoms with Crippen molar-refractivity contribution in [1.82, 2.24) is 0 Å². The first-order valence-electron chi connectivity index (χ1n) is 5.54. The second-order valence-electron chi connectivity index (χ2n) is 3.60. The zero-order valence-corrected chi connectivity index (χ0v) is 11.3. The first kappa shape index (κ1) is 15.1. The number of nitriles is 1. The van der Waals surface area contributed by atoms with E-state index in [0.29, 0.717) is 4.31 Å². The first-order valence-corrected chi connectivity index (χ1v) is 7.15. The summed E-state index contributed by atoms with van der Waals surface area (Å²) in [6, 6.07) is 5.67. The predicted molar refractivity (Wildman–Crippen MR) is 67.2 cm³/mol. The molecule has 1 aromatic carbocycles. The van der Waals surface area contributed by atoms with Gasteiger partial charge in [-0.05, 0) is 19.1 Å². The van der Waals surface area contributed by atoms with Gasteiger partial charge in [-0.15, -0.1) is 0 Å². The number of carbonyl (C=O) groups is 1. The lowest BCUT2D eigenvalue weighted by molar-refractivity contribution is -0.117. The second kappa shape index (κ2) is 5.80. The molecule has 101 valence electrons. The van der Waals surface area contributed by atoms with Gasteiger partial charge in [0.2, 0.25) is 15.9 Å². The maximum Gasteiger partial charge on any atom is 0.241 e. The fourth-order valence-electron chi connectivity index (χ4n) is 1.43. The number of benzene rings is 1. The number of anilines is 1. The normalized spacial score (nSPS) is 10.8. The number of sulfonamides is 1. The van der Waals surface area contributed by atoms with E-state index in [1.165, 1.54) is 13.8 Å². The van der Waals surface area contributed by atoms with E-state index in [-0.39, 0.29) is 23.4 Å². The van der Waals surface area contributed by atoms with Gasteiger partial charge < -0.3 is 0 Å². The molecular weight excluding hydrogens is 271 g/mol. The average molecular weight is 283 g/mol. The number of halogens is 1. The quantitative estimate of drug-likeness (QED) is 0.840. The largest absolute Gasteiger partial charge is 0.273 e. The van der Waals surface area contributed by atoms with E-state index in [2.05, 4.69) is 6.07 Å². The van der Waals surface area contributed by atoms with E-state index >= 15 is 0 Å². The van der Waals surface area contributed by atoms with E-state index in [4.69, 9.17) is 5.26 Å². The van der Waals surface area contributed by atoms with E-state index in [1.54, 1.807) is 6.07 Å². The van der Waals surface area contributed by atoms with Crippen molar-refractivity contribution in [1.29, 1.82) is 5.26 Å². The highest BCUT2D eigenvalue weighted by Crippen LogP contribution is 2.24. The minimum absolute atomic E-state index is 0.0541. The molecular formula is C12H12FN2O3S. The van der Waals surface area contributed by atoms with Gasteiger partial charge in [-0.3, -0.25) is 4.79 Å². The van der Waals surface area contributed by atoms with Crippen molar-refractivity contribution in [2.75, 3.05) is 10.1 Å². The number of rotatable bonds is 4. The van der Waals surface area contributed by atoms with Crippen LogP contribution < -0.4 is 4.31 Å². The van der Waals surface area contributed by atoms with Crippen LogP contribution in [0.4, 0.5) is 10.1 Å². The van der Waals surface area contributed by atoms with Crippen LogP contribution in [0.15, 0.2) is 12.1 Å². The minimum atomic E-state index is -3.88. The summed E-state index contributed by atoms with van der Waals surface area (Å²) in [5.41, 5.74) is -0.396. The highest BCUT2D eigenvalue weighted by Gasteiger charge is 2.28. The maximum atomic E-state index is 13.0. The first-order chi connectivity index (χ1) is 8.87. The summed E-state index contributed by atoms with van der Waals surface area (Å²) >= 11 is 0. The van der Waals surface area contributed by atoms with Crippen LogP contribution in [0.1, 0.15) is 25.8 Å². The van der Waals surface area contributed by atoms with Crippen molar-refractivity contribution in [3.8, 4) is 6.07 Å². The van der Waals surface area contributed by atoms with E-state index < -0.39 is 21.7 Å². The van der Waals surface area contributed by atoms with Crippen LogP contribution in [0, 0.1) is 23.2 Å². The third-order valence-electron chi connectivity index (χ3n) is 2.40. The second-order valence-corrected chi connectivity index (χ2v) is 5.71. The fraction of sp³-hybridized carbons (Fsp3) is 0.333. The van der Waals surface area contributed by atoms with Gasteiger partial charge >= 0.3 is 0 Å². The molecule has 0 saturated carbocycles. The van der Waals surface area contributed by atoms with Crippen LogP contribution in [-0.2, 0) is 14.8 Å². The highest BCUT2D eigenvalue weighted by atomic mass is 32.2. The Morgan fingerprint density at radius 3 is 2.63 bits per heavy atom. The predicted octanol–water partition coefficient (Wildman–Crippen LogP) is 1.59. The number of hydrogen-bond donors (Lipinski definition) is 0. The van der Waals surface area contributed by atoms with Crippen LogP contribution >= 0.6 is 0 Å². The summed E-state index contributed by atoms with van der Waals surface area (Å²) < 4.78 is 37.4. The monoisotopic (exact) mass is 283 g/mol. The molecule has 0 N–H and O–H groups in total. The van der Waals surface area contributed by atoms with Crippen molar-refractivity contribution in [2.24, 2.45) is 0 Å². The molecule has 0 spiro atoms. The van der Waals surface area contributed by atoms with Crippen molar-refractivity contribution in [2.45, 2.75) is 20.3 Å². The van der Waals surface area contributed by atoms with Crippen LogP contribution in [0.25, 0.3) is 0 Å². The van der Waals surface area contributed by atoms with Crippen molar-refractivity contribution in [3.63, 3.8) is 0 Å². The van der Waals surface area contributed by atoms with Gasteiger partial charge in [-0.25, -0.2) is 17.1 Å². The molecule has 0 atom stereocenters. The minimum Gasteiger partial charge on any atom is -0.273 e. The molecule has 0 fully saturated rings. The third kappa shape index (κ3) is 3.09. The zero-order chi connectivity index (χ0) is 14.6. The summed E-state index contributed by atoms with van der Waals surface area (Å²) in [5.74, 6) is -1.78. The summed E-state index contributed by atoms with van der Waals surface area (Å²) in [7, 11) is -3.88. The van der Waals surface area contributed by atoms with Gasteiger partial charge in [-0.2, -0.15) is 5.26 Å². The third-order valence-corrected chi connectivity index (χ3v) is 4.09. The molecule has 0 aliphatic carbocycles. The fourth-order valence-corrected chi connectivity index (χ4v) is 2.58. The molecule has 7 heteroatoms. The SMILES string of the molecule is CCC(=O)N(c1c[c]c(F)cc1C#N)S(=O)(=O)CC. The summed E-state index contributed by atoms with van der Waals surface area (Å²) in [5, 5.41) is 8.92. The van der Waals surface area contributed by atoms with E-state index in [1.807, 2.05) is 0 Å². The molecule has 1 rings (SSSR count). The Morgan fingerprint density at radius 1 is 1.53 bits per heavy atom. The Balaban J connectivity index is 3.52. The number of nitrogens with zero attached hydrogens (tertiary/aromatic N) is 2. The molecule has 0 aliphatic rings. The lowest BCUT2D eigenvalue weighted by atomic mass is 10.2. The van der Waals surface area contributed by atoms with Gasteiger partial charge in [0.25, 0.3) is 0 Å². The van der Waals surface area contributed by atoms with E-state index in [0.717, 1.165) is 12.1 Å². The lowest BCUT2D eigenvalue weighted by Crippen LogP contribution is -2.38. The number of carbonyl (C=O) groups excluding carboxylic acids is 1. The maximum absolute atomic E-state index is 13.0. The van der Waals surface area contributed by atoms with Gasteiger partial charge in [0.1, 0.15) is 11.9 Å². The van der Waals surface area contributed by atoms with Crippen molar-refractivity contribution >= 4 is 21.6 Å². The molecule has 0 saturated heterocycles. The van der Waals surface area contributed by atoms with E-state index in [9.17, 15) is 17.6 Å². The Hall–Kier alpha value is -1.94. The zero-order valence-electron chi connectivity index (χ0n) is 10.5. The molecule has 1 radical (unpaired) electrons. The molecule has 0 aliphatic heterocycles. The van der Waals surface area contributed by atoms with Gasteiger partial charge in [0.15, 0.2) is 0 Å². The van der Waals surface area contributed by atoms with Gasteiger partial charge in [-0.1, -0.05) is 6.92 Å². The Kier molecular flexibility index (Phi) is 4.62. The Labute approximate surface area is 111 Å². The molecule has 0 heterocycles. The molecule has 19 heavy (non-hydrogen) atoms. The summed E-state index contributed by atoms with van der Waals surface area (Å²) in [4.78, 5) is 11.8. The van der Waals surface area contributed by atoms with Crippen LogP contribution in [0.2, 0.25) is 0 Å². The Morgan fingerprint density at radius 2 is 2.16 bits per heavy atom. The van der Waals surface area contributed by atoms with Gasteiger partial charge in [0, 0.05) is 12.5 Å². The smallest absolute Gasteiger partial charge is 0.241 e. The standard InChI is InChI=1S/C12H12FN2O3S/c1-3-12(16)15(19(17,18)4-2)11-6-5-10(13)7-9(11)8-14/h6-7H,3-4H2,1-2H3. The molecule has 0 aromatic heterocycles. The molecule has 0 unspecified atom stereocenters. The lowest BCUT2D eigenvalue weighted by Gasteiger charge is -2.22. The molecule has 0 bridgehead atoms. The van der Waals surface area contributed by atoms with Crippen LogP contribution in [-0.4, -0.2) is 20.1 Å². The molecule has 1 amide bonds. The summed E-state index contributed by atoms with van der Waals surface area (Å²) in [6.45, 7) is 2.88. The van der Waals surface area contributed by atoms with Gasteiger partial charge in [0.05, 0.1) is 17.0 Å². The Bertz CT molecular complexity index is 635. The van der Waals surface area contributed by atoms with Crippen LogP contribution in [0.5, 0.6) is 0 Å². The number of hydrogen-bond acceptors (Lipinski definition) is 4.